The van der Waals surface area contributed by atoms with Crippen LogP contribution in [0, 0.1) is 24.7 Å². The third-order valence-electron chi connectivity index (χ3n) is 5.61. The van der Waals surface area contributed by atoms with Crippen molar-refractivity contribution in [1.82, 2.24) is 5.32 Å². The molecule has 3 rings (SSSR count). The molecule has 144 valence electrons. The molecule has 4 N–H and O–H groups in total. The molecular formula is C19H27Cl2N3O2. The van der Waals surface area contributed by atoms with Crippen LogP contribution >= 0.6 is 24.0 Å². The highest BCUT2D eigenvalue weighted by Gasteiger charge is 2.40. The molecule has 5 nitrogen and oxygen atoms in total. The first kappa shape index (κ1) is 21.0. The van der Waals surface area contributed by atoms with Gasteiger partial charge in [-0.15, -0.1) is 12.4 Å². The first-order chi connectivity index (χ1) is 11.9. The molecule has 1 aromatic carbocycles. The van der Waals surface area contributed by atoms with E-state index < -0.39 is 0 Å². The van der Waals surface area contributed by atoms with Gasteiger partial charge >= 0.3 is 0 Å². The third kappa shape index (κ3) is 4.90. The number of amides is 2. The van der Waals surface area contributed by atoms with Crippen LogP contribution in [0.4, 0.5) is 5.69 Å². The Bertz CT molecular complexity index is 654. The summed E-state index contributed by atoms with van der Waals surface area (Å²) < 4.78 is 0. The topological polar surface area (TPSA) is 84.2 Å². The third-order valence-corrected chi connectivity index (χ3v) is 5.92. The summed E-state index contributed by atoms with van der Waals surface area (Å²) in [5.74, 6) is 0.568. The molecule has 2 fully saturated rings. The molecule has 2 unspecified atom stereocenters. The predicted octanol–water partition coefficient (Wildman–Crippen LogP) is 3.28. The van der Waals surface area contributed by atoms with Crippen LogP contribution in [0.1, 0.15) is 37.7 Å². The van der Waals surface area contributed by atoms with Crippen LogP contribution in [0.3, 0.4) is 0 Å². The minimum absolute atomic E-state index is 0. The Balaban J connectivity index is 0.00000243. The summed E-state index contributed by atoms with van der Waals surface area (Å²) in [5, 5.41) is 6.00. The van der Waals surface area contributed by atoms with Crippen LogP contribution in [-0.2, 0) is 9.59 Å². The van der Waals surface area contributed by atoms with Crippen LogP contribution in [0.15, 0.2) is 18.2 Å². The first-order valence-electron chi connectivity index (χ1n) is 9.03. The maximum absolute atomic E-state index is 12.4. The minimum Gasteiger partial charge on any atom is -0.347 e. The number of aryl methyl sites for hydroxylation is 1. The van der Waals surface area contributed by atoms with Crippen LogP contribution in [0.5, 0.6) is 0 Å². The van der Waals surface area contributed by atoms with Gasteiger partial charge in [0, 0.05) is 12.0 Å². The van der Waals surface area contributed by atoms with Gasteiger partial charge in [-0.05, 0) is 62.1 Å². The van der Waals surface area contributed by atoms with Gasteiger partial charge in [-0.3, -0.25) is 9.59 Å². The molecule has 7 heteroatoms. The predicted molar refractivity (Wildman–Crippen MR) is 107 cm³/mol. The Hall–Kier alpha value is -1.30. The number of carbonyl (C=O) groups excluding carboxylic acids is 2. The van der Waals surface area contributed by atoms with E-state index in [1.54, 1.807) is 12.1 Å². The lowest BCUT2D eigenvalue weighted by Crippen LogP contribution is -2.49. The second kappa shape index (κ2) is 9.07. The second-order valence-corrected chi connectivity index (χ2v) is 7.85. The number of rotatable bonds is 4. The first-order valence-corrected chi connectivity index (χ1v) is 9.41. The second-order valence-electron chi connectivity index (χ2n) is 7.45. The summed E-state index contributed by atoms with van der Waals surface area (Å²) in [4.78, 5) is 24.5. The molecular weight excluding hydrogens is 373 g/mol. The summed E-state index contributed by atoms with van der Waals surface area (Å²) in [6.07, 6.45) is 5.14. The quantitative estimate of drug-likeness (QED) is 0.725. The minimum atomic E-state index is -0.271. The maximum Gasteiger partial charge on any atom is 0.243 e. The normalized spacial score (nSPS) is 27.2. The highest BCUT2D eigenvalue weighted by Crippen LogP contribution is 2.41. The van der Waals surface area contributed by atoms with Crippen LogP contribution in [-0.4, -0.2) is 24.4 Å². The lowest BCUT2D eigenvalue weighted by atomic mass is 9.65. The molecule has 0 heterocycles. The van der Waals surface area contributed by atoms with Crippen LogP contribution < -0.4 is 16.4 Å². The fourth-order valence-corrected chi connectivity index (χ4v) is 4.51. The highest BCUT2D eigenvalue weighted by atomic mass is 35.5. The van der Waals surface area contributed by atoms with Gasteiger partial charge in [0.25, 0.3) is 0 Å². The van der Waals surface area contributed by atoms with E-state index in [4.69, 9.17) is 17.3 Å². The number of anilines is 1. The van der Waals surface area contributed by atoms with Crippen molar-refractivity contribution >= 4 is 41.5 Å². The molecule has 2 aliphatic rings. The molecule has 2 amide bonds. The molecule has 26 heavy (non-hydrogen) atoms. The van der Waals surface area contributed by atoms with Gasteiger partial charge in [0.05, 0.1) is 17.3 Å². The Morgan fingerprint density at radius 2 is 1.88 bits per heavy atom. The summed E-state index contributed by atoms with van der Waals surface area (Å²) in [6.45, 7) is 1.89. The molecule has 0 radical (unpaired) electrons. The average Bonchev–Trinajstić information content (AvgIpc) is 2.55. The summed E-state index contributed by atoms with van der Waals surface area (Å²) in [5.41, 5.74) is 7.86. The van der Waals surface area contributed by atoms with E-state index in [2.05, 4.69) is 10.6 Å². The van der Waals surface area contributed by atoms with Crippen molar-refractivity contribution in [3.63, 3.8) is 0 Å². The Morgan fingerprint density at radius 3 is 2.50 bits per heavy atom. The number of nitrogens with two attached hydrogens (primary N) is 1. The van der Waals surface area contributed by atoms with E-state index >= 15 is 0 Å². The summed E-state index contributed by atoms with van der Waals surface area (Å²) >= 11 is 6.11. The van der Waals surface area contributed by atoms with E-state index in [0.717, 1.165) is 31.2 Å². The Morgan fingerprint density at radius 1 is 1.23 bits per heavy atom. The van der Waals surface area contributed by atoms with Crippen molar-refractivity contribution in [2.45, 2.75) is 45.1 Å². The molecule has 2 bridgehead atoms. The van der Waals surface area contributed by atoms with E-state index in [-0.39, 0.29) is 42.7 Å². The zero-order chi connectivity index (χ0) is 18.0. The van der Waals surface area contributed by atoms with Crippen LogP contribution in [0.2, 0.25) is 5.02 Å². The number of hydrogen-bond donors (Lipinski definition) is 3. The molecule has 2 saturated carbocycles. The zero-order valence-electron chi connectivity index (χ0n) is 15.0. The van der Waals surface area contributed by atoms with Crippen molar-refractivity contribution in [2.24, 2.45) is 23.5 Å². The molecule has 0 saturated heterocycles. The number of fused-ring (bicyclic) bond motifs is 2. The van der Waals surface area contributed by atoms with Gasteiger partial charge in [-0.1, -0.05) is 24.1 Å². The fraction of sp³-hybridized carbons (Fsp3) is 0.579. The monoisotopic (exact) mass is 399 g/mol. The molecule has 2 atom stereocenters. The Labute approximate surface area is 165 Å². The number of carbonyl (C=O) groups is 2. The van der Waals surface area contributed by atoms with Gasteiger partial charge in [0.1, 0.15) is 0 Å². The van der Waals surface area contributed by atoms with Crippen molar-refractivity contribution in [3.05, 3.63) is 28.8 Å². The zero-order valence-corrected chi connectivity index (χ0v) is 16.5. The number of nitrogens with one attached hydrogen (secondary N) is 2. The molecule has 0 aliphatic heterocycles. The molecule has 0 aromatic heterocycles. The average molecular weight is 400 g/mol. The summed E-state index contributed by atoms with van der Waals surface area (Å²) in [7, 11) is 0. The van der Waals surface area contributed by atoms with Crippen molar-refractivity contribution in [1.29, 1.82) is 0 Å². The SMILES string of the molecule is Cc1ccc(NC(=O)CNC(=O)C2CC3CCCC(C2)C3N)c(Cl)c1.Cl. The van der Waals surface area contributed by atoms with Crippen molar-refractivity contribution in [2.75, 3.05) is 11.9 Å². The van der Waals surface area contributed by atoms with Gasteiger partial charge < -0.3 is 16.4 Å². The number of benzene rings is 1. The van der Waals surface area contributed by atoms with Gasteiger partial charge in [0.15, 0.2) is 0 Å². The van der Waals surface area contributed by atoms with Crippen LogP contribution in [0.25, 0.3) is 0 Å². The van der Waals surface area contributed by atoms with Gasteiger partial charge in [0.2, 0.25) is 11.8 Å². The van der Waals surface area contributed by atoms with Gasteiger partial charge in [-0.2, -0.15) is 0 Å². The molecule has 2 aliphatic carbocycles. The summed E-state index contributed by atoms with van der Waals surface area (Å²) in [6, 6.07) is 5.68. The molecule has 1 aromatic rings. The lowest BCUT2D eigenvalue weighted by molar-refractivity contribution is -0.129. The maximum atomic E-state index is 12.4. The largest absolute Gasteiger partial charge is 0.347 e. The molecule has 0 spiro atoms. The van der Waals surface area contributed by atoms with E-state index in [9.17, 15) is 9.59 Å². The van der Waals surface area contributed by atoms with E-state index in [1.165, 1.54) is 6.42 Å². The number of halogens is 2. The lowest BCUT2D eigenvalue weighted by Gasteiger charge is -2.43. The fourth-order valence-electron chi connectivity index (χ4n) is 4.23. The van der Waals surface area contributed by atoms with E-state index in [0.29, 0.717) is 22.5 Å². The van der Waals surface area contributed by atoms with Crippen molar-refractivity contribution in [3.8, 4) is 0 Å². The Kier molecular flexibility index (Phi) is 7.33. The number of hydrogen-bond acceptors (Lipinski definition) is 3. The van der Waals surface area contributed by atoms with Gasteiger partial charge in [-0.25, -0.2) is 0 Å². The standard InChI is InChI=1S/C19H26ClN3O2.ClH/c1-11-5-6-16(15(20)7-11)23-17(24)10-22-19(25)14-8-12-3-2-4-13(9-14)18(12)21;/h5-7,12-14,18H,2-4,8-10,21H2,1H3,(H,22,25)(H,23,24);1H. The highest BCUT2D eigenvalue weighted by molar-refractivity contribution is 6.33. The smallest absolute Gasteiger partial charge is 0.243 e. The van der Waals surface area contributed by atoms with E-state index in [1.807, 2.05) is 13.0 Å². The van der Waals surface area contributed by atoms with Crippen molar-refractivity contribution < 1.29 is 9.59 Å².